The molecule has 0 N–H and O–H groups in total. The third-order valence-corrected chi connectivity index (χ3v) is 40.4. The van der Waals surface area contributed by atoms with Crippen molar-refractivity contribution < 1.29 is 94.6 Å². The highest BCUT2D eigenvalue weighted by molar-refractivity contribution is 7.29. The van der Waals surface area contributed by atoms with Crippen LogP contribution in [-0.4, -0.2) is 126 Å². The van der Waals surface area contributed by atoms with E-state index in [-0.39, 0.29) is 0 Å². The molecule has 1 aromatic carbocycles. The second-order valence-electron chi connectivity index (χ2n) is 37.4. The van der Waals surface area contributed by atoms with Gasteiger partial charge in [-0.25, -0.2) is 9.78 Å². The molecule has 0 fully saturated rings. The Bertz CT molecular complexity index is 5880. The van der Waals surface area contributed by atoms with Gasteiger partial charge in [-0.1, -0.05) is 95.0 Å². The van der Waals surface area contributed by atoms with Gasteiger partial charge in [0, 0.05) is 151 Å². The van der Waals surface area contributed by atoms with E-state index >= 15 is 0 Å². The summed E-state index contributed by atoms with van der Waals surface area (Å²) in [6, 6.07) is 43.5. The number of ether oxygens (including phenoxy) is 4. The number of hydrogen-bond donors (Lipinski definition) is 0. The van der Waals surface area contributed by atoms with E-state index in [1.165, 1.54) is 230 Å². The lowest BCUT2D eigenvalue weighted by Gasteiger charge is -2.39. The molecule has 0 unspecified atom stereocenters. The van der Waals surface area contributed by atoms with Crippen LogP contribution in [0.1, 0.15) is 182 Å². The Hall–Kier alpha value is -5.18. The van der Waals surface area contributed by atoms with Gasteiger partial charge in [-0.3, -0.25) is 0 Å². The van der Waals surface area contributed by atoms with Crippen LogP contribution < -0.4 is 0 Å². The van der Waals surface area contributed by atoms with E-state index in [0.29, 0.717) is 73.7 Å². The van der Waals surface area contributed by atoms with Crippen LogP contribution in [0.2, 0.25) is 39.3 Å². The van der Waals surface area contributed by atoms with Gasteiger partial charge in [0.15, 0.2) is 16.6 Å². The van der Waals surface area contributed by atoms with Gasteiger partial charge < -0.3 is 27.8 Å². The first-order valence-corrected chi connectivity index (χ1v) is 65.1. The average molecular weight is 2250 g/mol. The molecule has 0 aliphatic rings. The van der Waals surface area contributed by atoms with Crippen LogP contribution in [-0.2, 0) is 82.7 Å². The van der Waals surface area contributed by atoms with Gasteiger partial charge in [-0.05, 0) is 307 Å². The van der Waals surface area contributed by atoms with Crippen LogP contribution in [0.4, 0.5) is 57.1 Å². The first kappa shape index (κ1) is 120. The van der Waals surface area contributed by atoms with Crippen LogP contribution in [0.15, 0.2) is 121 Å². The molecule has 0 spiro atoms. The minimum Gasteiger partial charge on any atom is -0.417 e. The molecule has 0 aliphatic heterocycles. The molecule has 0 saturated heterocycles. The van der Waals surface area contributed by atoms with Gasteiger partial charge >= 0.3 is 35.8 Å². The molecular formula is C108H135F13O8S12Si2. The lowest BCUT2D eigenvalue weighted by Crippen LogP contribution is -2.70. The van der Waals surface area contributed by atoms with Crippen molar-refractivity contribution in [1.29, 1.82) is 0 Å². The highest BCUT2D eigenvalue weighted by atomic mass is 32.1. The van der Waals surface area contributed by atoms with E-state index in [1.54, 1.807) is 60.0 Å². The zero-order valence-corrected chi connectivity index (χ0v) is 96.9. The molecule has 0 aliphatic carbocycles. The predicted molar refractivity (Wildman–Crippen MR) is 591 cm³/mol. The largest absolute Gasteiger partial charge is 0.460 e. The quantitative estimate of drug-likeness (QED) is 0.0123. The van der Waals surface area contributed by atoms with Gasteiger partial charge in [0.2, 0.25) is 0 Å². The number of methoxy groups -OCH3 is 1. The normalized spacial score (nSPS) is 12.5. The zero-order valence-electron chi connectivity index (χ0n) is 85.1. The van der Waals surface area contributed by atoms with Crippen molar-refractivity contribution in [2.75, 3.05) is 73.7 Å². The Kier molecular flexibility index (Phi) is 46.2. The van der Waals surface area contributed by atoms with E-state index in [0.717, 1.165) is 58.4 Å². The Labute approximate surface area is 887 Å². The van der Waals surface area contributed by atoms with Gasteiger partial charge in [0.05, 0.1) is 51.6 Å². The molecule has 0 radical (unpaired) electrons. The number of rotatable bonds is 53. The van der Waals surface area contributed by atoms with Crippen molar-refractivity contribution in [3.05, 3.63) is 206 Å². The van der Waals surface area contributed by atoms with Gasteiger partial charge in [-0.2, -0.15) is 57.1 Å². The number of halogens is 13. The molecule has 0 saturated carbocycles. The molecule has 8 nitrogen and oxygen atoms in total. The smallest absolute Gasteiger partial charge is 0.417 e. The van der Waals surface area contributed by atoms with E-state index in [1.807, 2.05) is 104 Å². The van der Waals surface area contributed by atoms with Crippen molar-refractivity contribution >= 4 is 153 Å². The predicted octanol–water partition coefficient (Wildman–Crippen LogP) is 38.8. The fraction of sp³-hybridized carbons (Fsp3) is 0.500. The molecule has 12 heterocycles. The van der Waals surface area contributed by atoms with Gasteiger partial charge in [-0.15, -0.1) is 136 Å². The number of unbranched alkanes of at least 4 members (excludes halogenated alkanes) is 8. The van der Waals surface area contributed by atoms with Crippen LogP contribution in [0, 0.1) is 62.3 Å². The number of hydrogen-bond acceptors (Lipinski definition) is 20. The molecule has 0 amide bonds. The minimum absolute atomic E-state index is 0.396. The molecule has 143 heavy (non-hydrogen) atoms. The highest BCUT2D eigenvalue weighted by Gasteiger charge is 2.90. The Morgan fingerprint density at radius 3 is 0.965 bits per heavy atom. The van der Waals surface area contributed by atoms with E-state index < -0.39 is 71.7 Å². The maximum atomic E-state index is 14.3. The van der Waals surface area contributed by atoms with Crippen LogP contribution in [0.25, 0.3) is 88.5 Å². The topological polar surface area (TPSA) is 73.8 Å². The Balaban J connectivity index is 0.000000197. The highest BCUT2D eigenvalue weighted by Crippen LogP contribution is 2.62. The van der Waals surface area contributed by atoms with Crippen molar-refractivity contribution in [3.8, 4) is 88.5 Å². The monoisotopic (exact) mass is 2250 g/mol. The fourth-order valence-electron chi connectivity index (χ4n) is 16.0. The molecule has 0 bridgehead atoms. The minimum atomic E-state index is -7.88. The summed E-state index contributed by atoms with van der Waals surface area (Å²) < 4.78 is 210. The summed E-state index contributed by atoms with van der Waals surface area (Å²) in [5, 5.41) is 0. The summed E-state index contributed by atoms with van der Waals surface area (Å²) in [5.74, 6) is -36.7. The zero-order chi connectivity index (χ0) is 104. The molecule has 35 heteroatoms. The molecule has 13 rings (SSSR count). The Morgan fingerprint density at radius 1 is 0.266 bits per heavy atom. The molecule has 13 aromatic rings. The summed E-state index contributed by atoms with van der Waals surface area (Å²) in [5.41, 5.74) is 12.6. The molecular weight excluding hydrogens is 2110 g/mol. The third-order valence-electron chi connectivity index (χ3n) is 23.5. The summed E-state index contributed by atoms with van der Waals surface area (Å²) >= 11 is 21.4. The SMILES string of the molecule is CCCCCCCc1c(-c2ccc(C)s2)sc(-c2ccc(-c3ccc(C)cc3)s2)c1CCCCCCC.COCCOCCOCc1c(-c2ccc(C)s2)sc(-c2ccc(C)s2)c1CCCOCCOOC.Cc1ccc(-c2sc(-c3ccc(C)s3)c(CCCC(F)(F)C(F)(F)C(F)(F)C(F)(F)C(F)(F)C(F)(F)F)c2C)s1.Cc1ccc(-c2sc(-c3ccc(C)s3)c(CCO[Si](C)(C)C)c2CCO[Si](C)(C)C)s1. The lowest BCUT2D eigenvalue weighted by molar-refractivity contribution is -0.440. The molecule has 12 aromatic heterocycles. The van der Waals surface area contributed by atoms with Crippen LogP contribution in [0.3, 0.4) is 0 Å². The Morgan fingerprint density at radius 2 is 0.580 bits per heavy atom. The van der Waals surface area contributed by atoms with Crippen molar-refractivity contribution in [2.45, 2.75) is 280 Å². The van der Waals surface area contributed by atoms with Crippen molar-refractivity contribution in [1.82, 2.24) is 0 Å². The van der Waals surface area contributed by atoms with E-state index in [2.05, 4.69) is 208 Å². The third kappa shape index (κ3) is 32.9. The molecule has 0 atom stereocenters. The van der Waals surface area contributed by atoms with E-state index in [9.17, 15) is 57.1 Å². The summed E-state index contributed by atoms with van der Waals surface area (Å²) in [6.07, 6.45) is 8.65. The fourth-order valence-corrected chi connectivity index (χ4v) is 31.2. The van der Waals surface area contributed by atoms with Crippen LogP contribution in [0.5, 0.6) is 0 Å². The number of thiophene rings is 12. The first-order valence-electron chi connectivity index (χ1n) is 48.5. The second kappa shape index (κ2) is 55.2. The van der Waals surface area contributed by atoms with E-state index in [4.69, 9.17) is 32.7 Å². The first-order chi connectivity index (χ1) is 67.7. The maximum Gasteiger partial charge on any atom is 0.460 e. The number of alkyl halides is 13. The standard InChI is InChI=1S/C34H44S3.C26H36O6S3.C24H19F13S3.C24H36O2S3Si2/c1-5-7-9-11-13-15-28-29(16-14-12-10-8-6-2)34(37-33(28)31-22-19-26(4)35-31)32-24-23-30(36-32)27-20-17-25(3)18-21-27;1-19-7-9-23(33-19)25-21(6-5-11-29-16-17-32-28-4)22(18-31-15-14-30-13-12-27-3)26(35-25)24-10-8-20(2)34-24;1-11-6-8-15(38-11)17-13(3)14(18(40-17)16-9-7-12(2)39-16)5-4-10-19(25,26)20(27,28)21(29,30)22(31,32)23(33,34)24(35,36)37;1-17-9-11-21(27-17)23-19(13-15-25-30(3,4)5)20(14-16-26-31(6,7)8)24(29-23)22-12-10-18(2)28-22/h17-24H,5-16H2,1-4H3;7-10H,5-6,11-18H2,1-4H3;6-9H,4-5,10H2,1-3H3;9-12H,13-16H2,1-8H3. The number of benzene rings is 1. The average Bonchev–Trinajstić information content (AvgIpc) is 1.42. The number of aryl methyl sites for hydroxylation is 8. The lowest BCUT2D eigenvalue weighted by atomic mass is 9.91. The van der Waals surface area contributed by atoms with Gasteiger partial charge in [0.1, 0.15) is 6.61 Å². The maximum absolute atomic E-state index is 14.3. The van der Waals surface area contributed by atoms with Crippen LogP contribution >= 0.6 is 136 Å². The second-order valence-corrected chi connectivity index (χ2v) is 60.6. The molecule has 786 valence electrons. The summed E-state index contributed by atoms with van der Waals surface area (Å²) in [7, 11) is 0.112. The van der Waals surface area contributed by atoms with Crippen molar-refractivity contribution in [3.63, 3.8) is 0 Å². The van der Waals surface area contributed by atoms with Gasteiger partial charge in [0.25, 0.3) is 0 Å². The summed E-state index contributed by atoms with van der Waals surface area (Å²) in [6.45, 7) is 42.7. The van der Waals surface area contributed by atoms with Crippen molar-refractivity contribution in [2.24, 2.45) is 0 Å². The summed E-state index contributed by atoms with van der Waals surface area (Å²) in [4.78, 5) is 39.2.